The first-order valence-corrected chi connectivity index (χ1v) is 7.76. The number of morpholine rings is 1. The highest BCUT2D eigenvalue weighted by molar-refractivity contribution is 7.13. The summed E-state index contributed by atoms with van der Waals surface area (Å²) >= 11 is 1.50. The summed E-state index contributed by atoms with van der Waals surface area (Å²) in [6, 6.07) is 0. The van der Waals surface area contributed by atoms with E-state index in [1.807, 2.05) is 6.92 Å². The van der Waals surface area contributed by atoms with Gasteiger partial charge in [0.25, 0.3) is 5.19 Å². The molecule has 0 radical (unpaired) electrons. The number of ether oxygens (including phenoxy) is 2. The maximum Gasteiger partial charge on any atom is 0.294 e. The number of nitrogens with zero attached hydrogens (tertiary/aromatic N) is 6. The SMILES string of the molecule is CCOc1nnc(CN2CCO[C@@H](Cn3cncn3)C2)s1. The van der Waals surface area contributed by atoms with Crippen LogP contribution in [0, 0.1) is 0 Å². The lowest BCUT2D eigenvalue weighted by atomic mass is 10.2. The van der Waals surface area contributed by atoms with Crippen molar-refractivity contribution >= 4 is 11.3 Å². The predicted octanol–water partition coefficient (Wildman–Crippen LogP) is 0.429. The molecular weight excluding hydrogens is 292 g/mol. The van der Waals surface area contributed by atoms with Crippen molar-refractivity contribution in [3.63, 3.8) is 0 Å². The highest BCUT2D eigenvalue weighted by Gasteiger charge is 2.22. The molecule has 0 N–H and O–H groups in total. The number of aromatic nitrogens is 5. The van der Waals surface area contributed by atoms with Crippen molar-refractivity contribution in [3.05, 3.63) is 17.7 Å². The van der Waals surface area contributed by atoms with Crippen molar-refractivity contribution in [2.45, 2.75) is 26.1 Å². The van der Waals surface area contributed by atoms with E-state index in [9.17, 15) is 0 Å². The van der Waals surface area contributed by atoms with E-state index in [0.717, 1.165) is 37.8 Å². The minimum atomic E-state index is 0.125. The molecule has 1 fully saturated rings. The second kappa shape index (κ2) is 6.92. The maximum absolute atomic E-state index is 5.78. The van der Waals surface area contributed by atoms with Gasteiger partial charge in [0.1, 0.15) is 17.7 Å². The van der Waals surface area contributed by atoms with Crippen LogP contribution in [0.5, 0.6) is 5.19 Å². The van der Waals surface area contributed by atoms with Gasteiger partial charge in [0.15, 0.2) is 0 Å². The van der Waals surface area contributed by atoms with Crippen LogP contribution >= 0.6 is 11.3 Å². The average molecular weight is 310 g/mol. The first-order valence-electron chi connectivity index (χ1n) is 6.95. The molecule has 1 aliphatic rings. The Balaban J connectivity index is 1.53. The molecule has 1 saturated heterocycles. The van der Waals surface area contributed by atoms with E-state index in [4.69, 9.17) is 9.47 Å². The summed E-state index contributed by atoms with van der Waals surface area (Å²) < 4.78 is 12.9. The second-order valence-electron chi connectivity index (χ2n) is 4.74. The fraction of sp³-hybridized carbons (Fsp3) is 0.667. The van der Waals surface area contributed by atoms with Crippen LogP contribution in [0.4, 0.5) is 0 Å². The molecule has 21 heavy (non-hydrogen) atoms. The van der Waals surface area contributed by atoms with Gasteiger partial charge in [-0.2, -0.15) is 5.10 Å². The summed E-state index contributed by atoms with van der Waals surface area (Å²) in [5, 5.41) is 13.9. The van der Waals surface area contributed by atoms with Crippen LogP contribution in [0.1, 0.15) is 11.9 Å². The monoisotopic (exact) mass is 310 g/mol. The highest BCUT2D eigenvalue weighted by Crippen LogP contribution is 2.20. The van der Waals surface area contributed by atoms with E-state index in [0.29, 0.717) is 11.8 Å². The zero-order valence-corrected chi connectivity index (χ0v) is 12.7. The van der Waals surface area contributed by atoms with Crippen LogP contribution in [-0.4, -0.2) is 62.3 Å². The van der Waals surface area contributed by atoms with Gasteiger partial charge in [-0.05, 0) is 6.92 Å². The van der Waals surface area contributed by atoms with Gasteiger partial charge in [-0.1, -0.05) is 11.3 Å². The molecule has 2 aromatic rings. The fourth-order valence-electron chi connectivity index (χ4n) is 2.25. The van der Waals surface area contributed by atoms with Gasteiger partial charge in [0, 0.05) is 13.1 Å². The van der Waals surface area contributed by atoms with E-state index in [1.54, 1.807) is 11.0 Å². The van der Waals surface area contributed by atoms with Crippen LogP contribution in [0.2, 0.25) is 0 Å². The molecule has 0 spiro atoms. The Kier molecular flexibility index (Phi) is 4.73. The van der Waals surface area contributed by atoms with Gasteiger partial charge in [-0.3, -0.25) is 9.58 Å². The first kappa shape index (κ1) is 14.4. The minimum Gasteiger partial charge on any atom is -0.469 e. The number of rotatable bonds is 6. The molecule has 114 valence electrons. The largest absolute Gasteiger partial charge is 0.469 e. The average Bonchev–Trinajstić information content (AvgIpc) is 3.12. The molecule has 0 unspecified atom stereocenters. The van der Waals surface area contributed by atoms with Crippen molar-refractivity contribution < 1.29 is 9.47 Å². The van der Waals surface area contributed by atoms with Crippen molar-refractivity contribution in [2.75, 3.05) is 26.3 Å². The van der Waals surface area contributed by atoms with Crippen LogP contribution in [0.15, 0.2) is 12.7 Å². The lowest BCUT2D eigenvalue weighted by molar-refractivity contribution is -0.0403. The molecule has 0 aliphatic carbocycles. The second-order valence-corrected chi connectivity index (χ2v) is 5.76. The van der Waals surface area contributed by atoms with Crippen molar-refractivity contribution in [2.24, 2.45) is 0 Å². The maximum atomic E-state index is 5.78. The van der Waals surface area contributed by atoms with Crippen LogP contribution < -0.4 is 4.74 Å². The third-order valence-corrected chi connectivity index (χ3v) is 3.98. The number of hydrogen-bond acceptors (Lipinski definition) is 8. The van der Waals surface area contributed by atoms with Crippen LogP contribution in [0.25, 0.3) is 0 Å². The topological polar surface area (TPSA) is 78.2 Å². The molecule has 3 heterocycles. The van der Waals surface area contributed by atoms with E-state index in [2.05, 4.69) is 25.2 Å². The van der Waals surface area contributed by atoms with E-state index in [-0.39, 0.29) is 6.10 Å². The van der Waals surface area contributed by atoms with Gasteiger partial charge in [-0.15, -0.1) is 10.2 Å². The van der Waals surface area contributed by atoms with Gasteiger partial charge < -0.3 is 9.47 Å². The van der Waals surface area contributed by atoms with Gasteiger partial charge in [-0.25, -0.2) is 4.98 Å². The standard InChI is InChI=1S/C12H18N6O2S/c1-2-19-12-16-15-11(21-12)7-17-3-4-20-10(5-17)6-18-9-13-8-14-18/h8-10H,2-7H2,1H3/t10-/m1/s1. The minimum absolute atomic E-state index is 0.125. The zero-order chi connectivity index (χ0) is 14.5. The molecule has 1 aliphatic heterocycles. The summed E-state index contributed by atoms with van der Waals surface area (Å²) in [5.74, 6) is 0. The third kappa shape index (κ3) is 3.96. The van der Waals surface area contributed by atoms with Crippen LogP contribution in [0.3, 0.4) is 0 Å². The Morgan fingerprint density at radius 1 is 1.48 bits per heavy atom. The van der Waals surface area contributed by atoms with E-state index >= 15 is 0 Å². The molecule has 0 amide bonds. The summed E-state index contributed by atoms with van der Waals surface area (Å²) in [6.45, 7) is 6.53. The van der Waals surface area contributed by atoms with Crippen molar-refractivity contribution in [3.8, 4) is 5.19 Å². The Morgan fingerprint density at radius 3 is 3.24 bits per heavy atom. The zero-order valence-electron chi connectivity index (χ0n) is 11.9. The Bertz CT molecular complexity index is 546. The number of hydrogen-bond donors (Lipinski definition) is 0. The van der Waals surface area contributed by atoms with E-state index < -0.39 is 0 Å². The van der Waals surface area contributed by atoms with E-state index in [1.165, 1.54) is 17.7 Å². The lowest BCUT2D eigenvalue weighted by Crippen LogP contribution is -2.43. The van der Waals surface area contributed by atoms with Crippen molar-refractivity contribution in [1.29, 1.82) is 0 Å². The van der Waals surface area contributed by atoms with Gasteiger partial charge >= 0.3 is 0 Å². The molecule has 2 aromatic heterocycles. The molecule has 1 atom stereocenters. The highest BCUT2D eigenvalue weighted by atomic mass is 32.1. The third-order valence-electron chi connectivity index (χ3n) is 3.16. The molecule has 0 aromatic carbocycles. The quantitative estimate of drug-likeness (QED) is 0.765. The molecule has 9 heteroatoms. The van der Waals surface area contributed by atoms with Crippen LogP contribution in [-0.2, 0) is 17.8 Å². The van der Waals surface area contributed by atoms with Gasteiger partial charge in [0.2, 0.25) is 0 Å². The fourth-order valence-corrected chi connectivity index (χ4v) is 3.03. The molecular formula is C12H18N6O2S. The van der Waals surface area contributed by atoms with Crippen molar-refractivity contribution in [1.82, 2.24) is 29.9 Å². The first-order chi connectivity index (χ1) is 10.3. The molecule has 0 saturated carbocycles. The Hall–Kier alpha value is -1.58. The Labute approximate surface area is 126 Å². The van der Waals surface area contributed by atoms with Gasteiger partial charge in [0.05, 0.1) is 32.4 Å². The molecule has 0 bridgehead atoms. The lowest BCUT2D eigenvalue weighted by Gasteiger charge is -2.32. The summed E-state index contributed by atoms with van der Waals surface area (Å²) in [4.78, 5) is 6.27. The smallest absolute Gasteiger partial charge is 0.294 e. The predicted molar refractivity (Wildman–Crippen MR) is 76.1 cm³/mol. The molecule has 3 rings (SSSR count). The molecule has 8 nitrogen and oxygen atoms in total. The summed E-state index contributed by atoms with van der Waals surface area (Å²) in [7, 11) is 0. The summed E-state index contributed by atoms with van der Waals surface area (Å²) in [5.41, 5.74) is 0. The normalized spacial score (nSPS) is 19.8. The summed E-state index contributed by atoms with van der Waals surface area (Å²) in [6.07, 6.45) is 3.37. The Morgan fingerprint density at radius 2 is 2.43 bits per heavy atom.